The number of hydrogen-bond donors (Lipinski definition) is 2. The molecule has 8 heteroatoms. The lowest BCUT2D eigenvalue weighted by Gasteiger charge is -2.21. The second-order valence-electron chi connectivity index (χ2n) is 8.12. The Hall–Kier alpha value is -2.64. The first-order valence-electron chi connectivity index (χ1n) is 11.2. The van der Waals surface area contributed by atoms with Crippen LogP contribution >= 0.6 is 0 Å². The zero-order valence-corrected chi connectivity index (χ0v) is 19.2. The van der Waals surface area contributed by atoms with Crippen LogP contribution in [0.25, 0.3) is 0 Å². The number of nitrogens with zero attached hydrogens (tertiary/aromatic N) is 2. The average molecular weight is 433 g/mol. The van der Waals surface area contributed by atoms with Gasteiger partial charge in [0.15, 0.2) is 17.5 Å². The molecule has 1 heterocycles. The van der Waals surface area contributed by atoms with Crippen molar-refractivity contribution in [1.82, 2.24) is 15.5 Å². The number of amides is 1. The molecule has 1 saturated carbocycles. The third kappa shape index (κ3) is 5.74. The molecule has 1 aromatic carbocycles. The van der Waals surface area contributed by atoms with Gasteiger partial charge in [0.1, 0.15) is 0 Å². The van der Waals surface area contributed by atoms with Crippen LogP contribution < -0.4 is 24.8 Å². The Balaban J connectivity index is 1.63. The quantitative estimate of drug-likeness (QED) is 0.485. The van der Waals surface area contributed by atoms with Gasteiger partial charge < -0.3 is 29.7 Å². The van der Waals surface area contributed by atoms with Crippen LogP contribution in [0.4, 0.5) is 0 Å². The molecule has 1 amide bonds. The summed E-state index contributed by atoms with van der Waals surface area (Å²) in [7, 11) is 4.80. The maximum Gasteiger partial charge on any atom is 0.225 e. The maximum absolute atomic E-state index is 12.7. The van der Waals surface area contributed by atoms with E-state index in [-0.39, 0.29) is 12.0 Å². The van der Waals surface area contributed by atoms with E-state index in [1.54, 1.807) is 21.3 Å². The Labute approximate surface area is 185 Å². The van der Waals surface area contributed by atoms with Crippen molar-refractivity contribution in [3.05, 3.63) is 17.7 Å². The van der Waals surface area contributed by atoms with Gasteiger partial charge in [-0.3, -0.25) is 4.79 Å². The van der Waals surface area contributed by atoms with Crippen molar-refractivity contribution in [2.45, 2.75) is 51.6 Å². The molecule has 2 fully saturated rings. The number of carbonyl (C=O) groups excluding carboxylic acids is 1. The van der Waals surface area contributed by atoms with E-state index in [1.165, 1.54) is 12.8 Å². The fourth-order valence-electron chi connectivity index (χ4n) is 4.42. The Bertz CT molecular complexity index is 752. The molecule has 2 N–H and O–H groups in total. The van der Waals surface area contributed by atoms with E-state index < -0.39 is 0 Å². The predicted octanol–water partition coefficient (Wildman–Crippen LogP) is 2.56. The number of rotatable bonds is 8. The number of ether oxygens (including phenoxy) is 3. The third-order valence-electron chi connectivity index (χ3n) is 6.03. The van der Waals surface area contributed by atoms with Crippen LogP contribution in [0.1, 0.15) is 44.6 Å². The summed E-state index contributed by atoms with van der Waals surface area (Å²) in [4.78, 5) is 19.5. The first kappa shape index (κ1) is 23.0. The van der Waals surface area contributed by atoms with Crippen LogP contribution in [-0.4, -0.2) is 63.8 Å². The summed E-state index contributed by atoms with van der Waals surface area (Å²) < 4.78 is 16.3. The molecule has 1 unspecified atom stereocenters. The van der Waals surface area contributed by atoms with Crippen molar-refractivity contribution in [2.75, 3.05) is 41.0 Å². The lowest BCUT2D eigenvalue weighted by Crippen LogP contribution is -2.45. The number of hydrogen-bond acceptors (Lipinski definition) is 5. The molecule has 1 atom stereocenters. The van der Waals surface area contributed by atoms with E-state index in [2.05, 4.69) is 10.6 Å². The molecular formula is C23H36N4O4. The molecule has 1 aliphatic heterocycles. The minimum Gasteiger partial charge on any atom is -0.493 e. The van der Waals surface area contributed by atoms with Crippen molar-refractivity contribution in [3.8, 4) is 17.2 Å². The smallest absolute Gasteiger partial charge is 0.225 e. The van der Waals surface area contributed by atoms with Crippen molar-refractivity contribution in [1.29, 1.82) is 0 Å². The Morgan fingerprint density at radius 1 is 1.10 bits per heavy atom. The van der Waals surface area contributed by atoms with Gasteiger partial charge in [-0.1, -0.05) is 12.8 Å². The highest BCUT2D eigenvalue weighted by molar-refractivity contribution is 5.81. The summed E-state index contributed by atoms with van der Waals surface area (Å²) in [6, 6.07) is 4.03. The van der Waals surface area contributed by atoms with Crippen LogP contribution in [0.5, 0.6) is 17.2 Å². The van der Waals surface area contributed by atoms with Gasteiger partial charge in [-0.05, 0) is 43.9 Å². The molecule has 0 bridgehead atoms. The highest BCUT2D eigenvalue weighted by Gasteiger charge is 2.32. The lowest BCUT2D eigenvalue weighted by atomic mass is 10.1. The molecule has 0 aromatic heterocycles. The van der Waals surface area contributed by atoms with Gasteiger partial charge in [-0.15, -0.1) is 0 Å². The van der Waals surface area contributed by atoms with Crippen LogP contribution in [0.15, 0.2) is 17.1 Å². The van der Waals surface area contributed by atoms with E-state index in [9.17, 15) is 4.79 Å². The molecule has 0 radical (unpaired) electrons. The summed E-state index contributed by atoms with van der Waals surface area (Å²) in [6.45, 7) is 4.83. The summed E-state index contributed by atoms with van der Waals surface area (Å²) >= 11 is 0. The standard InChI is InChI=1S/C23H36N4O4/c1-5-24-23(25-14-16-12-19(29-2)21(31-4)20(13-16)30-3)26-18-10-11-27(15-18)22(28)17-8-6-7-9-17/h12-13,17-18H,5-11,14-15H2,1-4H3,(H2,24,25,26). The Morgan fingerprint density at radius 3 is 2.35 bits per heavy atom. The highest BCUT2D eigenvalue weighted by atomic mass is 16.5. The minimum atomic E-state index is 0.211. The Morgan fingerprint density at radius 2 is 1.77 bits per heavy atom. The van der Waals surface area contributed by atoms with E-state index in [1.807, 2.05) is 24.0 Å². The van der Waals surface area contributed by atoms with Gasteiger partial charge in [0.25, 0.3) is 0 Å². The molecule has 1 saturated heterocycles. The van der Waals surface area contributed by atoms with E-state index in [0.717, 1.165) is 50.4 Å². The third-order valence-corrected chi connectivity index (χ3v) is 6.03. The summed E-state index contributed by atoms with van der Waals surface area (Å²) in [5, 5.41) is 6.81. The lowest BCUT2D eigenvalue weighted by molar-refractivity contribution is -0.134. The normalized spacial score (nSPS) is 19.4. The van der Waals surface area contributed by atoms with Gasteiger partial charge in [-0.2, -0.15) is 0 Å². The predicted molar refractivity (Wildman–Crippen MR) is 121 cm³/mol. The highest BCUT2D eigenvalue weighted by Crippen LogP contribution is 2.38. The molecule has 0 spiro atoms. The number of benzene rings is 1. The average Bonchev–Trinajstić information content (AvgIpc) is 3.49. The van der Waals surface area contributed by atoms with Crippen LogP contribution in [0, 0.1) is 5.92 Å². The molecule has 3 rings (SSSR count). The molecular weight excluding hydrogens is 396 g/mol. The summed E-state index contributed by atoms with van der Waals surface area (Å²) in [6.07, 6.45) is 5.40. The molecule has 31 heavy (non-hydrogen) atoms. The first-order valence-corrected chi connectivity index (χ1v) is 11.2. The second kappa shape index (κ2) is 11.1. The Kier molecular flexibility index (Phi) is 8.26. The zero-order chi connectivity index (χ0) is 22.2. The summed E-state index contributed by atoms with van der Waals surface area (Å²) in [5.41, 5.74) is 0.955. The molecule has 1 aliphatic carbocycles. The molecule has 8 nitrogen and oxygen atoms in total. The number of guanidine groups is 1. The first-order chi connectivity index (χ1) is 15.1. The van der Waals surface area contributed by atoms with Gasteiger partial charge >= 0.3 is 0 Å². The van der Waals surface area contributed by atoms with Gasteiger partial charge in [-0.25, -0.2) is 4.99 Å². The fraction of sp³-hybridized carbons (Fsp3) is 0.652. The van der Waals surface area contributed by atoms with Gasteiger partial charge in [0, 0.05) is 31.6 Å². The van der Waals surface area contributed by atoms with Gasteiger partial charge in [0.2, 0.25) is 11.7 Å². The number of nitrogens with one attached hydrogen (secondary N) is 2. The van der Waals surface area contributed by atoms with Crippen LogP contribution in [0.3, 0.4) is 0 Å². The SMILES string of the molecule is CCNC(=NCc1cc(OC)c(OC)c(OC)c1)NC1CCN(C(=O)C2CCCC2)C1. The monoisotopic (exact) mass is 432 g/mol. The number of likely N-dealkylation sites (tertiary alicyclic amines) is 1. The van der Waals surface area contributed by atoms with E-state index in [4.69, 9.17) is 19.2 Å². The summed E-state index contributed by atoms with van der Waals surface area (Å²) in [5.74, 6) is 3.11. The fourth-order valence-corrected chi connectivity index (χ4v) is 4.42. The van der Waals surface area contributed by atoms with E-state index in [0.29, 0.717) is 29.7 Å². The number of carbonyl (C=O) groups is 1. The zero-order valence-electron chi connectivity index (χ0n) is 19.2. The van der Waals surface area contributed by atoms with E-state index >= 15 is 0 Å². The number of aliphatic imine (C=N–C) groups is 1. The molecule has 2 aliphatic rings. The molecule has 172 valence electrons. The topological polar surface area (TPSA) is 84.4 Å². The second-order valence-corrected chi connectivity index (χ2v) is 8.12. The van der Waals surface area contributed by atoms with Gasteiger partial charge in [0.05, 0.1) is 27.9 Å². The number of methoxy groups -OCH3 is 3. The maximum atomic E-state index is 12.7. The van der Waals surface area contributed by atoms with Crippen molar-refractivity contribution < 1.29 is 19.0 Å². The van der Waals surface area contributed by atoms with Crippen molar-refractivity contribution in [2.24, 2.45) is 10.9 Å². The van der Waals surface area contributed by atoms with Crippen LogP contribution in [0.2, 0.25) is 0 Å². The molecule has 1 aromatic rings. The van der Waals surface area contributed by atoms with Crippen molar-refractivity contribution in [3.63, 3.8) is 0 Å². The van der Waals surface area contributed by atoms with Crippen molar-refractivity contribution >= 4 is 11.9 Å². The van der Waals surface area contributed by atoms with Crippen LogP contribution in [-0.2, 0) is 11.3 Å². The minimum absolute atomic E-state index is 0.211. The largest absolute Gasteiger partial charge is 0.493 e.